The predicted molar refractivity (Wildman–Crippen MR) is 285 cm³/mol. The molecule has 0 aliphatic carbocycles. The Hall–Kier alpha value is -2.37. The van der Waals surface area contributed by atoms with E-state index in [0.29, 0.717) is 6.42 Å². The molecule has 0 spiro atoms. The van der Waals surface area contributed by atoms with E-state index in [1.807, 2.05) is 6.08 Å². The molecule has 9 nitrogen and oxygen atoms in total. The van der Waals surface area contributed by atoms with Crippen LogP contribution in [-0.2, 0) is 14.3 Å². The van der Waals surface area contributed by atoms with Gasteiger partial charge in [0.05, 0.1) is 25.4 Å². The standard InChI is InChI=1S/C59H105NO8/c1-3-5-7-9-10-11-12-13-14-15-16-17-18-19-20-21-22-23-24-25-26-27-28-29-30-31-32-33-34-35-36-37-38-39-40-41-42-43-44-45-47-49-55(63)60-52(53(62)48-46-8-6-4-2)51-67-59-58(66)57(65)56(64)54(50-61)68-59/h5,7,10-11,13-14,16-17,19-20,46,48,52-54,56-59,61-62,64-66H,3-4,6,8-9,12,15,18,21-45,47,49-51H2,1-2H3,(H,60,63)/b7-5-,11-10-,14-13-,17-16-,20-19-,48-46+. The molecule has 1 saturated heterocycles. The summed E-state index contributed by atoms with van der Waals surface area (Å²) >= 11 is 0. The molecule has 0 bridgehead atoms. The van der Waals surface area contributed by atoms with E-state index in [4.69, 9.17) is 9.47 Å². The number of amides is 1. The van der Waals surface area contributed by atoms with Gasteiger partial charge in [0.25, 0.3) is 0 Å². The largest absolute Gasteiger partial charge is 0.394 e. The number of rotatable bonds is 47. The Bertz CT molecular complexity index is 1290. The summed E-state index contributed by atoms with van der Waals surface area (Å²) in [5.41, 5.74) is 0. The van der Waals surface area contributed by atoms with Crippen molar-refractivity contribution in [1.29, 1.82) is 0 Å². The number of allylic oxidation sites excluding steroid dienone is 11. The molecule has 1 fully saturated rings. The molecule has 7 unspecified atom stereocenters. The first kappa shape index (κ1) is 63.6. The number of unbranched alkanes of at least 4 members (excludes halogenated alkanes) is 27. The molecule has 1 heterocycles. The topological polar surface area (TPSA) is 149 Å². The van der Waals surface area contributed by atoms with Gasteiger partial charge in [-0.25, -0.2) is 0 Å². The Morgan fingerprint density at radius 1 is 0.515 bits per heavy atom. The van der Waals surface area contributed by atoms with Crippen LogP contribution in [0.3, 0.4) is 0 Å². The van der Waals surface area contributed by atoms with E-state index in [9.17, 15) is 30.3 Å². The minimum Gasteiger partial charge on any atom is -0.394 e. The molecule has 0 saturated carbocycles. The number of aliphatic hydroxyl groups is 5. The molecule has 1 amide bonds. The van der Waals surface area contributed by atoms with Gasteiger partial charge in [0.1, 0.15) is 24.4 Å². The minimum atomic E-state index is -1.56. The molecule has 394 valence electrons. The summed E-state index contributed by atoms with van der Waals surface area (Å²) in [6, 6.07) is -0.800. The van der Waals surface area contributed by atoms with Crippen molar-refractivity contribution in [2.75, 3.05) is 13.2 Å². The van der Waals surface area contributed by atoms with E-state index in [2.05, 4.69) is 79.9 Å². The van der Waals surface area contributed by atoms with Crippen LogP contribution in [0.2, 0.25) is 0 Å². The zero-order valence-electron chi connectivity index (χ0n) is 43.6. The molecular weight excluding hydrogens is 851 g/mol. The first-order chi connectivity index (χ1) is 33.3. The van der Waals surface area contributed by atoms with Gasteiger partial charge in [-0.05, 0) is 57.8 Å². The van der Waals surface area contributed by atoms with Crippen LogP contribution in [0.4, 0.5) is 0 Å². The lowest BCUT2D eigenvalue weighted by molar-refractivity contribution is -0.302. The predicted octanol–water partition coefficient (Wildman–Crippen LogP) is 13.7. The highest BCUT2D eigenvalue weighted by Gasteiger charge is 2.44. The number of hydrogen-bond donors (Lipinski definition) is 6. The Morgan fingerprint density at radius 3 is 1.34 bits per heavy atom. The van der Waals surface area contributed by atoms with Crippen LogP contribution in [0.15, 0.2) is 72.9 Å². The number of carbonyl (C=O) groups excluding carboxylic acids is 1. The molecule has 9 heteroatoms. The van der Waals surface area contributed by atoms with Crippen molar-refractivity contribution < 1.29 is 39.8 Å². The molecule has 0 aromatic carbocycles. The van der Waals surface area contributed by atoms with Crippen molar-refractivity contribution >= 4 is 5.91 Å². The Balaban J connectivity index is 1.91. The van der Waals surface area contributed by atoms with Crippen LogP contribution in [0.5, 0.6) is 0 Å². The normalized spacial score (nSPS) is 20.1. The first-order valence-electron chi connectivity index (χ1n) is 28.2. The summed E-state index contributed by atoms with van der Waals surface area (Å²) < 4.78 is 11.1. The monoisotopic (exact) mass is 956 g/mol. The van der Waals surface area contributed by atoms with Crippen LogP contribution in [-0.4, -0.2) is 87.5 Å². The summed E-state index contributed by atoms with van der Waals surface area (Å²) in [5, 5.41) is 53.7. The van der Waals surface area contributed by atoms with Gasteiger partial charge >= 0.3 is 0 Å². The maximum absolute atomic E-state index is 12.8. The summed E-state index contributed by atoms with van der Waals surface area (Å²) in [4.78, 5) is 12.8. The minimum absolute atomic E-state index is 0.185. The summed E-state index contributed by atoms with van der Waals surface area (Å²) in [5.74, 6) is -0.185. The molecule has 1 aliphatic heterocycles. The van der Waals surface area contributed by atoms with Gasteiger partial charge in [-0.2, -0.15) is 0 Å². The summed E-state index contributed by atoms with van der Waals surface area (Å²) in [6.07, 6.45) is 60.9. The molecule has 68 heavy (non-hydrogen) atoms. The van der Waals surface area contributed by atoms with Crippen LogP contribution in [0, 0.1) is 0 Å². The van der Waals surface area contributed by atoms with E-state index in [-0.39, 0.29) is 12.5 Å². The number of hydrogen-bond acceptors (Lipinski definition) is 8. The van der Waals surface area contributed by atoms with Crippen molar-refractivity contribution in [3.63, 3.8) is 0 Å². The van der Waals surface area contributed by atoms with E-state index in [1.165, 1.54) is 148 Å². The van der Waals surface area contributed by atoms with Crippen molar-refractivity contribution in [3.05, 3.63) is 72.9 Å². The van der Waals surface area contributed by atoms with Gasteiger partial charge in [-0.15, -0.1) is 0 Å². The van der Waals surface area contributed by atoms with Gasteiger partial charge < -0.3 is 40.3 Å². The fraction of sp³-hybridized carbons (Fsp3) is 0.780. The second-order valence-electron chi connectivity index (χ2n) is 19.4. The number of nitrogens with one attached hydrogen (secondary N) is 1. The Labute approximate surface area is 417 Å². The molecule has 7 atom stereocenters. The molecule has 0 radical (unpaired) electrons. The van der Waals surface area contributed by atoms with E-state index in [1.54, 1.807) is 6.08 Å². The maximum atomic E-state index is 12.8. The number of ether oxygens (including phenoxy) is 2. The molecule has 0 aromatic rings. The molecular formula is C59H105NO8. The highest BCUT2D eigenvalue weighted by molar-refractivity contribution is 5.76. The van der Waals surface area contributed by atoms with Gasteiger partial charge in [0.15, 0.2) is 6.29 Å². The lowest BCUT2D eigenvalue weighted by Gasteiger charge is -2.40. The second kappa shape index (κ2) is 48.3. The van der Waals surface area contributed by atoms with Gasteiger partial charge in [-0.1, -0.05) is 247 Å². The van der Waals surface area contributed by atoms with Crippen LogP contribution >= 0.6 is 0 Å². The van der Waals surface area contributed by atoms with E-state index in [0.717, 1.165) is 70.6 Å². The first-order valence-corrected chi connectivity index (χ1v) is 28.2. The van der Waals surface area contributed by atoms with Crippen molar-refractivity contribution in [3.8, 4) is 0 Å². The Kier molecular flexibility index (Phi) is 45.2. The summed E-state index contributed by atoms with van der Waals surface area (Å²) in [7, 11) is 0. The highest BCUT2D eigenvalue weighted by atomic mass is 16.7. The van der Waals surface area contributed by atoms with Gasteiger partial charge in [0, 0.05) is 6.42 Å². The Morgan fingerprint density at radius 2 is 0.912 bits per heavy atom. The van der Waals surface area contributed by atoms with Crippen LogP contribution < -0.4 is 5.32 Å². The van der Waals surface area contributed by atoms with Crippen LogP contribution in [0.1, 0.15) is 239 Å². The third kappa shape index (κ3) is 37.5. The fourth-order valence-electron chi connectivity index (χ4n) is 8.58. The average molecular weight is 956 g/mol. The SMILES string of the molecule is CC/C=C\C/C=C\C/C=C\C/C=C\C/C=C\CCCCCCCCCCCCCCCCCCCCCCCCCCCC(=O)NC(COC1OC(CO)C(O)C(O)C1O)C(O)/C=C/CCCC. The van der Waals surface area contributed by atoms with E-state index < -0.39 is 49.5 Å². The lowest BCUT2D eigenvalue weighted by Crippen LogP contribution is -2.60. The fourth-order valence-corrected chi connectivity index (χ4v) is 8.58. The maximum Gasteiger partial charge on any atom is 0.220 e. The third-order valence-electron chi connectivity index (χ3n) is 13.0. The molecule has 0 aromatic heterocycles. The molecule has 6 N–H and O–H groups in total. The zero-order valence-corrected chi connectivity index (χ0v) is 43.6. The quantitative estimate of drug-likeness (QED) is 0.0261. The zero-order chi connectivity index (χ0) is 49.4. The molecule has 1 aliphatic rings. The lowest BCUT2D eigenvalue weighted by atomic mass is 9.99. The van der Waals surface area contributed by atoms with Crippen molar-refractivity contribution in [2.45, 2.75) is 281 Å². The van der Waals surface area contributed by atoms with Gasteiger partial charge in [0.2, 0.25) is 5.91 Å². The van der Waals surface area contributed by atoms with E-state index >= 15 is 0 Å². The smallest absolute Gasteiger partial charge is 0.220 e. The highest BCUT2D eigenvalue weighted by Crippen LogP contribution is 2.23. The molecule has 1 rings (SSSR count). The number of carbonyl (C=O) groups is 1. The third-order valence-corrected chi connectivity index (χ3v) is 13.0. The van der Waals surface area contributed by atoms with Crippen molar-refractivity contribution in [1.82, 2.24) is 5.32 Å². The second-order valence-corrected chi connectivity index (χ2v) is 19.4. The van der Waals surface area contributed by atoms with Crippen LogP contribution in [0.25, 0.3) is 0 Å². The van der Waals surface area contributed by atoms with Crippen molar-refractivity contribution in [2.24, 2.45) is 0 Å². The number of aliphatic hydroxyl groups excluding tert-OH is 5. The average Bonchev–Trinajstić information content (AvgIpc) is 3.34. The summed E-state index contributed by atoms with van der Waals surface area (Å²) in [6.45, 7) is 3.50. The van der Waals surface area contributed by atoms with Gasteiger partial charge in [-0.3, -0.25) is 4.79 Å².